The van der Waals surface area contributed by atoms with Crippen LogP contribution in [0, 0.1) is 0 Å². The largest absolute Gasteiger partial charge is 0.481 e. The molecule has 0 fully saturated rings. The van der Waals surface area contributed by atoms with Crippen molar-refractivity contribution in [3.63, 3.8) is 0 Å². The number of ether oxygens (including phenoxy) is 1. The lowest BCUT2D eigenvalue weighted by Crippen LogP contribution is -2.08. The van der Waals surface area contributed by atoms with Gasteiger partial charge in [0.25, 0.3) is 0 Å². The number of rotatable bonds is 5. The number of aromatic amines is 1. The summed E-state index contributed by atoms with van der Waals surface area (Å²) in [6, 6.07) is 1.77. The molecule has 4 heterocycles. The van der Waals surface area contributed by atoms with Crippen LogP contribution < -0.4 is 10.1 Å². The second kappa shape index (κ2) is 5.89. The average molecular weight is 342 g/mol. The minimum absolute atomic E-state index is 0.0324. The third-order valence-electron chi connectivity index (χ3n) is 3.56. The number of anilines is 2. The second-order valence-corrected chi connectivity index (χ2v) is 6.00. The number of methoxy groups -OCH3 is 1. The molecular formula is C14H14N8OS. The number of thiazole rings is 1. The summed E-state index contributed by atoms with van der Waals surface area (Å²) in [6.07, 6.45) is 5.20. The zero-order valence-electron chi connectivity index (χ0n) is 13.0. The highest BCUT2D eigenvalue weighted by atomic mass is 32.1. The number of H-pyrrole nitrogens is 1. The first-order valence-corrected chi connectivity index (χ1v) is 8.07. The third-order valence-corrected chi connectivity index (χ3v) is 4.51. The molecule has 0 aliphatic rings. The lowest BCUT2D eigenvalue weighted by atomic mass is 10.3. The number of aromatic nitrogens is 7. The zero-order chi connectivity index (χ0) is 16.5. The first-order valence-electron chi connectivity index (χ1n) is 7.19. The Hall–Kier alpha value is -3.01. The highest BCUT2D eigenvalue weighted by Crippen LogP contribution is 2.25. The Kier molecular flexibility index (Phi) is 3.58. The van der Waals surface area contributed by atoms with Gasteiger partial charge in [0.1, 0.15) is 5.52 Å². The normalized spacial score (nSPS) is 12.4. The van der Waals surface area contributed by atoms with E-state index in [1.807, 2.05) is 10.9 Å². The van der Waals surface area contributed by atoms with Crippen LogP contribution in [-0.2, 0) is 0 Å². The van der Waals surface area contributed by atoms with Crippen LogP contribution in [0.5, 0.6) is 5.88 Å². The topological polar surface area (TPSA) is 106 Å². The van der Waals surface area contributed by atoms with Crippen LogP contribution >= 0.6 is 11.3 Å². The van der Waals surface area contributed by atoms with Gasteiger partial charge in [0.15, 0.2) is 17.3 Å². The molecule has 0 unspecified atom stereocenters. The predicted molar refractivity (Wildman–Crippen MR) is 89.7 cm³/mol. The van der Waals surface area contributed by atoms with Crippen LogP contribution in [0.15, 0.2) is 30.2 Å². The summed E-state index contributed by atoms with van der Waals surface area (Å²) in [5.41, 5.74) is 3.24. The molecular weight excluding hydrogens is 328 g/mol. The van der Waals surface area contributed by atoms with E-state index < -0.39 is 0 Å². The van der Waals surface area contributed by atoms with Gasteiger partial charge in [-0.3, -0.25) is 4.98 Å². The zero-order valence-corrected chi connectivity index (χ0v) is 13.8. The van der Waals surface area contributed by atoms with Crippen LogP contribution in [0.25, 0.3) is 11.2 Å². The molecule has 1 atom stereocenters. The van der Waals surface area contributed by atoms with Gasteiger partial charge in [0, 0.05) is 17.1 Å². The van der Waals surface area contributed by atoms with E-state index in [0.29, 0.717) is 23.2 Å². The highest BCUT2D eigenvalue weighted by molar-refractivity contribution is 7.09. The molecule has 0 aliphatic carbocycles. The summed E-state index contributed by atoms with van der Waals surface area (Å²) >= 11 is 1.59. The standard InChI is InChI=1S/C14H14N8OS/c1-8(10-5-15-7-24-10)22-14-9(4-17-22)16-6-12(19-14)18-11-3-13(23-2)21-20-11/h3-8H,1-2H3,(H2,18,19,20,21)/t8-/m0/s1. The fourth-order valence-corrected chi connectivity index (χ4v) is 2.98. The smallest absolute Gasteiger partial charge is 0.210 e. The minimum Gasteiger partial charge on any atom is -0.481 e. The van der Waals surface area contributed by atoms with Crippen molar-refractivity contribution in [2.45, 2.75) is 13.0 Å². The van der Waals surface area contributed by atoms with Crippen LogP contribution in [0.2, 0.25) is 0 Å². The van der Waals surface area contributed by atoms with Crippen molar-refractivity contribution in [1.82, 2.24) is 34.9 Å². The fraction of sp³-hybridized carbons (Fsp3) is 0.214. The van der Waals surface area contributed by atoms with Gasteiger partial charge >= 0.3 is 0 Å². The molecule has 2 N–H and O–H groups in total. The Labute approximate surface area is 140 Å². The first-order chi connectivity index (χ1) is 11.7. The van der Waals surface area contributed by atoms with Crippen LogP contribution in [0.1, 0.15) is 17.8 Å². The van der Waals surface area contributed by atoms with Crippen molar-refractivity contribution in [2.24, 2.45) is 0 Å². The molecule has 0 aliphatic heterocycles. The van der Waals surface area contributed by atoms with Gasteiger partial charge in [0.2, 0.25) is 5.88 Å². The summed E-state index contributed by atoms with van der Waals surface area (Å²) in [7, 11) is 1.57. The molecule has 9 nitrogen and oxygen atoms in total. The summed E-state index contributed by atoms with van der Waals surface area (Å²) < 4.78 is 6.91. The number of hydrogen-bond donors (Lipinski definition) is 2. The van der Waals surface area contributed by atoms with Crippen LogP contribution in [-0.4, -0.2) is 42.0 Å². The molecule has 122 valence electrons. The molecule has 0 saturated heterocycles. The molecule has 4 aromatic rings. The molecule has 0 spiro atoms. The third kappa shape index (κ3) is 2.56. The maximum absolute atomic E-state index is 5.07. The van der Waals surface area contributed by atoms with E-state index in [4.69, 9.17) is 4.74 Å². The van der Waals surface area contributed by atoms with Gasteiger partial charge in [-0.1, -0.05) is 0 Å². The Morgan fingerprint density at radius 3 is 2.96 bits per heavy atom. The molecule has 10 heteroatoms. The minimum atomic E-state index is 0.0324. The number of nitrogens with zero attached hydrogens (tertiary/aromatic N) is 6. The monoisotopic (exact) mass is 342 g/mol. The Morgan fingerprint density at radius 2 is 2.21 bits per heavy atom. The van der Waals surface area contributed by atoms with E-state index in [1.54, 1.807) is 42.4 Å². The van der Waals surface area contributed by atoms with E-state index in [0.717, 1.165) is 10.4 Å². The van der Waals surface area contributed by atoms with Crippen molar-refractivity contribution in [2.75, 3.05) is 12.4 Å². The maximum atomic E-state index is 5.07. The Morgan fingerprint density at radius 1 is 1.29 bits per heavy atom. The number of nitrogens with one attached hydrogen (secondary N) is 2. The van der Waals surface area contributed by atoms with Gasteiger partial charge in [-0.15, -0.1) is 11.3 Å². The van der Waals surface area contributed by atoms with E-state index >= 15 is 0 Å². The van der Waals surface area contributed by atoms with Crippen LogP contribution in [0.4, 0.5) is 11.6 Å². The van der Waals surface area contributed by atoms with Gasteiger partial charge < -0.3 is 10.1 Å². The summed E-state index contributed by atoms with van der Waals surface area (Å²) in [5.74, 6) is 1.74. The lowest BCUT2D eigenvalue weighted by molar-refractivity contribution is 0.397. The number of fused-ring (bicyclic) bond motifs is 1. The quantitative estimate of drug-likeness (QED) is 0.573. The van der Waals surface area contributed by atoms with E-state index in [-0.39, 0.29) is 6.04 Å². The van der Waals surface area contributed by atoms with Crippen molar-refractivity contribution in [3.8, 4) is 5.88 Å². The Balaban J connectivity index is 1.67. The lowest BCUT2D eigenvalue weighted by Gasteiger charge is -2.10. The van der Waals surface area contributed by atoms with Crippen molar-refractivity contribution in [3.05, 3.63) is 35.0 Å². The molecule has 0 bridgehead atoms. The fourth-order valence-electron chi connectivity index (χ4n) is 2.32. The van der Waals surface area contributed by atoms with Gasteiger partial charge in [0.05, 0.1) is 31.1 Å². The average Bonchev–Trinajstić information content (AvgIpc) is 3.34. The SMILES string of the molecule is COc1cc(Nc2cnc3cnn([C@@H](C)c4cncs4)c3n2)n[nH]1. The van der Waals surface area contributed by atoms with Gasteiger partial charge in [-0.25, -0.2) is 19.7 Å². The van der Waals surface area contributed by atoms with E-state index in [1.165, 1.54) is 0 Å². The summed E-state index contributed by atoms with van der Waals surface area (Å²) in [5, 5.41) is 14.4. The summed E-state index contributed by atoms with van der Waals surface area (Å²) in [4.78, 5) is 14.2. The predicted octanol–water partition coefficient (Wildman–Crippen LogP) is 2.37. The van der Waals surface area contributed by atoms with Crippen molar-refractivity contribution < 1.29 is 4.74 Å². The van der Waals surface area contributed by atoms with Crippen molar-refractivity contribution >= 4 is 34.1 Å². The Bertz CT molecular complexity index is 960. The highest BCUT2D eigenvalue weighted by Gasteiger charge is 2.16. The van der Waals surface area contributed by atoms with Crippen LogP contribution in [0.3, 0.4) is 0 Å². The maximum Gasteiger partial charge on any atom is 0.210 e. The molecule has 0 saturated carbocycles. The molecule has 0 aromatic carbocycles. The molecule has 4 aromatic heterocycles. The van der Waals surface area contributed by atoms with E-state index in [9.17, 15) is 0 Å². The number of hydrogen-bond acceptors (Lipinski definition) is 8. The van der Waals surface area contributed by atoms with Crippen molar-refractivity contribution in [1.29, 1.82) is 0 Å². The molecule has 0 amide bonds. The molecule has 24 heavy (non-hydrogen) atoms. The first kappa shape index (κ1) is 14.6. The van der Waals surface area contributed by atoms with E-state index in [2.05, 4.69) is 42.5 Å². The van der Waals surface area contributed by atoms with Gasteiger partial charge in [-0.05, 0) is 6.92 Å². The summed E-state index contributed by atoms with van der Waals surface area (Å²) in [6.45, 7) is 2.06. The second-order valence-electron chi connectivity index (χ2n) is 5.08. The molecule has 0 radical (unpaired) electrons. The molecule has 4 rings (SSSR count). The van der Waals surface area contributed by atoms with Gasteiger partial charge in [-0.2, -0.15) is 10.2 Å².